The lowest BCUT2D eigenvalue weighted by molar-refractivity contribution is 0.0464. The van der Waals surface area contributed by atoms with Crippen LogP contribution >= 0.6 is 11.6 Å². The van der Waals surface area contributed by atoms with Crippen molar-refractivity contribution < 1.29 is 18.5 Å². The molecule has 2 heterocycles. The first kappa shape index (κ1) is 15.5. The lowest BCUT2D eigenvalue weighted by Crippen LogP contribution is -2.05. The highest BCUT2D eigenvalue weighted by Gasteiger charge is 2.14. The number of hydrogen-bond donors (Lipinski definition) is 0. The van der Waals surface area contributed by atoms with Crippen LogP contribution in [0.4, 0.5) is 0 Å². The molecule has 4 aromatic rings. The van der Waals surface area contributed by atoms with Crippen LogP contribution in [0.15, 0.2) is 69.6 Å². The number of nitrogens with zero attached hydrogens (tertiary/aromatic N) is 1. The van der Waals surface area contributed by atoms with E-state index in [9.17, 15) is 4.79 Å². The largest absolute Gasteiger partial charge is 0.455 e. The van der Waals surface area contributed by atoms with Gasteiger partial charge in [0.1, 0.15) is 17.9 Å². The summed E-state index contributed by atoms with van der Waals surface area (Å²) in [6.07, 6.45) is 0. The van der Waals surface area contributed by atoms with Crippen molar-refractivity contribution >= 4 is 28.5 Å². The molecule has 0 radical (unpaired) electrons. The molecule has 2 aromatic heterocycles. The molecular weight excluding hydrogens is 342 g/mol. The van der Waals surface area contributed by atoms with E-state index in [1.54, 1.807) is 30.3 Å². The zero-order valence-corrected chi connectivity index (χ0v) is 13.7. The summed E-state index contributed by atoms with van der Waals surface area (Å²) in [5, 5.41) is 5.36. The molecule has 25 heavy (non-hydrogen) atoms. The Kier molecular flexibility index (Phi) is 3.99. The van der Waals surface area contributed by atoms with Crippen molar-refractivity contribution in [1.82, 2.24) is 5.16 Å². The van der Waals surface area contributed by atoms with Crippen LogP contribution in [0.1, 0.15) is 16.1 Å². The van der Waals surface area contributed by atoms with Crippen LogP contribution < -0.4 is 0 Å². The second-order valence-electron chi connectivity index (χ2n) is 5.42. The Balaban J connectivity index is 1.47. The Morgan fingerprint density at radius 3 is 2.76 bits per heavy atom. The number of benzene rings is 2. The van der Waals surface area contributed by atoms with E-state index in [4.69, 9.17) is 25.3 Å². The van der Waals surface area contributed by atoms with Gasteiger partial charge in [0, 0.05) is 16.5 Å². The molecule has 0 aliphatic carbocycles. The third-order valence-electron chi connectivity index (χ3n) is 3.64. The van der Waals surface area contributed by atoms with E-state index in [2.05, 4.69) is 5.16 Å². The van der Waals surface area contributed by atoms with Gasteiger partial charge in [-0.3, -0.25) is 0 Å². The zero-order chi connectivity index (χ0) is 17.2. The lowest BCUT2D eigenvalue weighted by Gasteiger charge is -2.02. The quantitative estimate of drug-likeness (QED) is 0.477. The molecule has 0 N–H and O–H groups in total. The summed E-state index contributed by atoms with van der Waals surface area (Å²) in [5.74, 6) is 0.571. The third kappa shape index (κ3) is 3.27. The number of carbonyl (C=O) groups is 1. The second-order valence-corrected chi connectivity index (χ2v) is 5.85. The van der Waals surface area contributed by atoms with Crippen LogP contribution in [0.3, 0.4) is 0 Å². The zero-order valence-electron chi connectivity index (χ0n) is 12.9. The highest BCUT2D eigenvalue weighted by molar-refractivity contribution is 6.30. The van der Waals surface area contributed by atoms with Crippen LogP contribution in [0, 0.1) is 0 Å². The number of halogens is 1. The fourth-order valence-electron chi connectivity index (χ4n) is 2.44. The normalized spacial score (nSPS) is 10.9. The topological polar surface area (TPSA) is 65.5 Å². The maximum atomic E-state index is 12.0. The minimum absolute atomic E-state index is 0.00489. The van der Waals surface area contributed by atoms with Gasteiger partial charge in [0.25, 0.3) is 0 Å². The lowest BCUT2D eigenvalue weighted by atomic mass is 10.2. The fourth-order valence-corrected chi connectivity index (χ4v) is 2.63. The summed E-state index contributed by atoms with van der Waals surface area (Å²) < 4.78 is 16.2. The second kappa shape index (κ2) is 6.45. The van der Waals surface area contributed by atoms with Crippen molar-refractivity contribution in [2.24, 2.45) is 0 Å². The molecule has 0 saturated heterocycles. The predicted octanol–water partition coefficient (Wildman–Crippen LogP) is 5.10. The molecule has 2 aromatic carbocycles. The van der Waals surface area contributed by atoms with Gasteiger partial charge < -0.3 is 13.7 Å². The van der Waals surface area contributed by atoms with Gasteiger partial charge >= 0.3 is 5.97 Å². The first-order chi connectivity index (χ1) is 12.2. The number of hydrogen-bond acceptors (Lipinski definition) is 5. The van der Waals surface area contributed by atoms with Crippen molar-refractivity contribution in [1.29, 1.82) is 0 Å². The van der Waals surface area contributed by atoms with Crippen molar-refractivity contribution in [2.45, 2.75) is 6.61 Å². The van der Waals surface area contributed by atoms with Crippen molar-refractivity contribution in [3.05, 3.63) is 76.9 Å². The number of rotatable bonds is 4. The molecule has 0 amide bonds. The van der Waals surface area contributed by atoms with Crippen LogP contribution in [-0.4, -0.2) is 11.1 Å². The highest BCUT2D eigenvalue weighted by Crippen LogP contribution is 2.28. The van der Waals surface area contributed by atoms with Crippen LogP contribution in [0.2, 0.25) is 5.02 Å². The Hall–Kier alpha value is -3.05. The molecule has 0 aliphatic heterocycles. The van der Waals surface area contributed by atoms with Gasteiger partial charge in [-0.1, -0.05) is 41.0 Å². The number of ether oxygens (including phenoxy) is 1. The number of furan rings is 1. The first-order valence-electron chi connectivity index (χ1n) is 7.56. The first-order valence-corrected chi connectivity index (χ1v) is 7.94. The van der Waals surface area contributed by atoms with Crippen molar-refractivity contribution in [3.63, 3.8) is 0 Å². The Bertz CT molecular complexity index is 1020. The highest BCUT2D eigenvalue weighted by atomic mass is 35.5. The average Bonchev–Trinajstić information content (AvgIpc) is 3.26. The van der Waals surface area contributed by atoms with Gasteiger partial charge in [0.05, 0.1) is 5.56 Å². The Morgan fingerprint density at radius 1 is 1.04 bits per heavy atom. The van der Waals surface area contributed by atoms with E-state index >= 15 is 0 Å². The van der Waals surface area contributed by atoms with E-state index in [0.717, 1.165) is 11.0 Å². The number of fused-ring (bicyclic) bond motifs is 1. The molecule has 0 fully saturated rings. The summed E-state index contributed by atoms with van der Waals surface area (Å²) >= 11 is 5.87. The standard InChI is InChI=1S/C19H12ClNO4/c20-14-6-3-5-13(8-14)19(22)23-11-15-10-18(25-21-15)17-9-12-4-1-2-7-16(12)24-17/h1-10H,11H2. The predicted molar refractivity (Wildman–Crippen MR) is 92.3 cm³/mol. The monoisotopic (exact) mass is 353 g/mol. The molecule has 6 heteroatoms. The summed E-state index contributed by atoms with van der Waals surface area (Å²) in [4.78, 5) is 12.0. The van der Waals surface area contributed by atoms with Gasteiger partial charge in [0.15, 0.2) is 5.76 Å². The number of carbonyl (C=O) groups excluding carboxylic acids is 1. The third-order valence-corrected chi connectivity index (χ3v) is 3.87. The summed E-state index contributed by atoms with van der Waals surface area (Å²) in [6, 6.07) is 17.8. The number of para-hydroxylation sites is 1. The number of aromatic nitrogens is 1. The molecule has 0 spiro atoms. The molecule has 0 atom stereocenters. The van der Waals surface area contributed by atoms with Gasteiger partial charge in [0.2, 0.25) is 5.76 Å². The maximum Gasteiger partial charge on any atom is 0.338 e. The van der Waals surface area contributed by atoms with E-state index in [1.165, 1.54) is 0 Å². The van der Waals surface area contributed by atoms with Crippen LogP contribution in [-0.2, 0) is 11.3 Å². The van der Waals surface area contributed by atoms with E-state index in [0.29, 0.717) is 27.8 Å². The molecule has 0 aliphatic rings. The minimum Gasteiger partial charge on any atom is -0.455 e. The summed E-state index contributed by atoms with van der Waals surface area (Å²) in [6.45, 7) is -0.00489. The minimum atomic E-state index is -0.476. The van der Waals surface area contributed by atoms with Gasteiger partial charge in [-0.15, -0.1) is 0 Å². The smallest absolute Gasteiger partial charge is 0.338 e. The molecular formula is C19H12ClNO4. The molecule has 0 saturated carbocycles. The van der Waals surface area contributed by atoms with Gasteiger partial charge in [-0.2, -0.15) is 0 Å². The van der Waals surface area contributed by atoms with Gasteiger partial charge in [-0.25, -0.2) is 4.79 Å². The van der Waals surface area contributed by atoms with E-state index in [-0.39, 0.29) is 6.61 Å². The maximum absolute atomic E-state index is 12.0. The molecule has 124 valence electrons. The molecule has 0 bridgehead atoms. The van der Waals surface area contributed by atoms with Crippen LogP contribution in [0.5, 0.6) is 0 Å². The molecule has 4 rings (SSSR count). The van der Waals surface area contributed by atoms with Crippen molar-refractivity contribution in [3.8, 4) is 11.5 Å². The Labute approximate surface area is 147 Å². The van der Waals surface area contributed by atoms with E-state index in [1.807, 2.05) is 30.3 Å². The summed E-state index contributed by atoms with van der Waals surface area (Å²) in [5.41, 5.74) is 1.64. The average molecular weight is 354 g/mol. The molecule has 0 unspecified atom stereocenters. The van der Waals surface area contributed by atoms with Crippen LogP contribution in [0.25, 0.3) is 22.5 Å². The Morgan fingerprint density at radius 2 is 1.92 bits per heavy atom. The van der Waals surface area contributed by atoms with Gasteiger partial charge in [-0.05, 0) is 30.3 Å². The fraction of sp³-hybridized carbons (Fsp3) is 0.0526. The number of esters is 1. The molecule has 5 nitrogen and oxygen atoms in total. The van der Waals surface area contributed by atoms with Crippen molar-refractivity contribution in [2.75, 3.05) is 0 Å². The SMILES string of the molecule is O=C(OCc1cc(-c2cc3ccccc3o2)on1)c1cccc(Cl)c1. The summed E-state index contributed by atoms with van der Waals surface area (Å²) in [7, 11) is 0. The van der Waals surface area contributed by atoms with E-state index < -0.39 is 5.97 Å².